The summed E-state index contributed by atoms with van der Waals surface area (Å²) in [6.45, 7) is 1.81. The number of sulfone groups is 1. The average Bonchev–Trinajstić information content (AvgIpc) is 3.14. The predicted octanol–water partition coefficient (Wildman–Crippen LogP) is 4.06. The van der Waals surface area contributed by atoms with Crippen LogP contribution in [-0.4, -0.2) is 28.0 Å². The van der Waals surface area contributed by atoms with E-state index in [0.717, 1.165) is 16.9 Å². The standard InChI is InChI=1S/C24H16FN5O3S/c1-12-6-14-7-13(2-5-21(14)34(12,31)32)16-9-26-24(30-11-28-29-23(16)30)27-10-17-18(25)3-4-19-22(17)15-8-20(15)33-19/h2-9,11,15H,10H2,1H3,(H,26,27)/t15-/m0/s1. The third-order valence-electron chi connectivity index (χ3n) is 6.48. The largest absolute Gasteiger partial charge is 0.461 e. The summed E-state index contributed by atoms with van der Waals surface area (Å²) >= 11 is 0. The zero-order chi connectivity index (χ0) is 23.2. The maximum absolute atomic E-state index is 14.7. The van der Waals surface area contributed by atoms with Crippen LogP contribution >= 0.6 is 0 Å². The van der Waals surface area contributed by atoms with Gasteiger partial charge in [0.25, 0.3) is 0 Å². The van der Waals surface area contributed by atoms with Gasteiger partial charge in [-0.3, -0.25) is 4.40 Å². The van der Waals surface area contributed by atoms with Crippen molar-refractivity contribution in [2.45, 2.75) is 24.3 Å². The van der Waals surface area contributed by atoms with Gasteiger partial charge in [0.05, 0.1) is 10.8 Å². The first-order chi connectivity index (χ1) is 16.4. The van der Waals surface area contributed by atoms with Crippen molar-refractivity contribution in [3.63, 3.8) is 0 Å². The molecule has 1 aliphatic carbocycles. The maximum atomic E-state index is 14.7. The Morgan fingerprint density at radius 2 is 2.12 bits per heavy atom. The van der Waals surface area contributed by atoms with E-state index in [9.17, 15) is 12.8 Å². The number of hydrogen-bond donors (Lipinski definition) is 1. The molecule has 0 saturated carbocycles. The minimum absolute atomic E-state index is 0.0640. The first-order valence-corrected chi connectivity index (χ1v) is 12.1. The van der Waals surface area contributed by atoms with Crippen LogP contribution in [0.5, 0.6) is 5.75 Å². The number of benzene rings is 2. The van der Waals surface area contributed by atoms with Crippen LogP contribution < -0.4 is 10.1 Å². The lowest BCUT2D eigenvalue weighted by atomic mass is 10.0. The zero-order valence-electron chi connectivity index (χ0n) is 17.8. The summed E-state index contributed by atoms with van der Waals surface area (Å²) < 4.78 is 46.8. The molecule has 1 atom stereocenters. The quantitative estimate of drug-likeness (QED) is 0.477. The van der Waals surface area contributed by atoms with Gasteiger partial charge >= 0.3 is 0 Å². The van der Waals surface area contributed by atoms with E-state index in [0.29, 0.717) is 43.8 Å². The third-order valence-corrected chi connectivity index (χ3v) is 8.39. The number of anilines is 1. The Morgan fingerprint density at radius 3 is 3.00 bits per heavy atom. The van der Waals surface area contributed by atoms with Crippen LogP contribution in [0.25, 0.3) is 22.9 Å². The zero-order valence-corrected chi connectivity index (χ0v) is 18.6. The molecule has 0 unspecified atom stereocenters. The molecule has 0 amide bonds. The number of allylic oxidation sites excluding steroid dienone is 3. The Kier molecular flexibility index (Phi) is 3.72. The minimum atomic E-state index is -3.41. The molecule has 10 heteroatoms. The molecule has 0 saturated heterocycles. The number of halogens is 1. The summed E-state index contributed by atoms with van der Waals surface area (Å²) in [4.78, 5) is 5.15. The highest BCUT2D eigenvalue weighted by Gasteiger charge is 2.41. The Bertz CT molecular complexity index is 1740. The molecule has 0 fully saturated rings. The lowest BCUT2D eigenvalue weighted by Crippen LogP contribution is -2.10. The van der Waals surface area contributed by atoms with E-state index in [4.69, 9.17) is 4.74 Å². The van der Waals surface area contributed by atoms with E-state index >= 15 is 0 Å². The van der Waals surface area contributed by atoms with Gasteiger partial charge in [-0.15, -0.1) is 10.2 Å². The smallest absolute Gasteiger partial charge is 0.210 e. The molecule has 4 heterocycles. The van der Waals surface area contributed by atoms with Gasteiger partial charge in [-0.05, 0) is 54.5 Å². The van der Waals surface area contributed by atoms with Gasteiger partial charge in [0.2, 0.25) is 15.8 Å². The average molecular weight is 473 g/mol. The van der Waals surface area contributed by atoms with Crippen LogP contribution in [-0.2, 0) is 16.4 Å². The fourth-order valence-electron chi connectivity index (χ4n) is 4.66. The number of rotatable bonds is 4. The van der Waals surface area contributed by atoms with E-state index in [-0.39, 0.29) is 18.3 Å². The summed E-state index contributed by atoms with van der Waals surface area (Å²) in [5.41, 5.74) is 4.06. The van der Waals surface area contributed by atoms with E-state index < -0.39 is 9.84 Å². The summed E-state index contributed by atoms with van der Waals surface area (Å²) in [6.07, 6.45) is 6.82. The van der Waals surface area contributed by atoms with Crippen molar-refractivity contribution in [2.24, 2.45) is 0 Å². The molecule has 1 N–H and O–H groups in total. The summed E-state index contributed by atoms with van der Waals surface area (Å²) in [5.74, 6) is 1.79. The van der Waals surface area contributed by atoms with Crippen molar-refractivity contribution >= 4 is 27.5 Å². The van der Waals surface area contributed by atoms with Gasteiger partial charge in [-0.1, -0.05) is 6.07 Å². The van der Waals surface area contributed by atoms with Crippen LogP contribution in [0, 0.1) is 5.82 Å². The number of fused-ring (bicyclic) bond motifs is 5. The van der Waals surface area contributed by atoms with Gasteiger partial charge in [0, 0.05) is 34.3 Å². The number of nitrogens with one attached hydrogen (secondary N) is 1. The predicted molar refractivity (Wildman–Crippen MR) is 122 cm³/mol. The second kappa shape index (κ2) is 6.51. The first kappa shape index (κ1) is 19.4. The summed E-state index contributed by atoms with van der Waals surface area (Å²) in [7, 11) is -3.41. The number of nitrogens with zero attached hydrogens (tertiary/aromatic N) is 4. The van der Waals surface area contributed by atoms with Crippen LogP contribution in [0.15, 0.2) is 64.5 Å². The van der Waals surface area contributed by atoms with Crippen molar-refractivity contribution in [3.05, 3.63) is 82.1 Å². The number of aromatic nitrogens is 4. The molecule has 8 nitrogen and oxygen atoms in total. The molecule has 2 aliphatic heterocycles. The molecule has 34 heavy (non-hydrogen) atoms. The molecule has 0 spiro atoms. The highest BCUT2D eigenvalue weighted by atomic mass is 32.2. The van der Waals surface area contributed by atoms with Crippen molar-refractivity contribution in [3.8, 4) is 16.9 Å². The summed E-state index contributed by atoms with van der Waals surface area (Å²) in [6, 6.07) is 8.23. The second-order valence-electron chi connectivity index (χ2n) is 8.47. The second-order valence-corrected chi connectivity index (χ2v) is 10.6. The monoisotopic (exact) mass is 473 g/mol. The molecule has 7 rings (SSSR count). The highest BCUT2D eigenvalue weighted by molar-refractivity contribution is 7.95. The van der Waals surface area contributed by atoms with Crippen molar-refractivity contribution in [1.82, 2.24) is 19.6 Å². The molecule has 3 aliphatic rings. The minimum Gasteiger partial charge on any atom is -0.461 e. The number of ether oxygens (including phenoxy) is 1. The SMILES string of the molecule is CC1=Cc2cc(-c3cnc(NCc4c(F)ccc5c4[C@H]4C=C4O5)n4cnnc34)ccc2S1(=O)=O. The van der Waals surface area contributed by atoms with E-state index in [2.05, 4.69) is 20.5 Å². The van der Waals surface area contributed by atoms with Crippen LogP contribution in [0.3, 0.4) is 0 Å². The van der Waals surface area contributed by atoms with Crippen molar-refractivity contribution in [2.75, 3.05) is 5.32 Å². The molecular formula is C24H16FN5O3S. The Balaban J connectivity index is 1.24. The molecule has 2 aromatic carbocycles. The van der Waals surface area contributed by atoms with E-state index in [1.165, 1.54) is 12.4 Å². The van der Waals surface area contributed by atoms with Crippen LogP contribution in [0.4, 0.5) is 10.3 Å². The fourth-order valence-corrected chi connectivity index (χ4v) is 5.96. The van der Waals surface area contributed by atoms with Gasteiger partial charge in [-0.2, -0.15) is 0 Å². The van der Waals surface area contributed by atoms with Crippen LogP contribution in [0.2, 0.25) is 0 Å². The topological polar surface area (TPSA) is 98.5 Å². The van der Waals surface area contributed by atoms with Crippen LogP contribution in [0.1, 0.15) is 29.5 Å². The van der Waals surface area contributed by atoms with Gasteiger partial charge in [-0.25, -0.2) is 17.8 Å². The lowest BCUT2D eigenvalue weighted by Gasteiger charge is -2.13. The molecule has 0 bridgehead atoms. The third kappa shape index (κ3) is 2.62. The van der Waals surface area contributed by atoms with Crippen molar-refractivity contribution < 1.29 is 17.5 Å². The number of hydrogen-bond acceptors (Lipinski definition) is 7. The van der Waals surface area contributed by atoms with Gasteiger partial charge < -0.3 is 10.1 Å². The van der Waals surface area contributed by atoms with E-state index in [1.54, 1.807) is 41.8 Å². The van der Waals surface area contributed by atoms with Gasteiger partial charge in [0.15, 0.2) is 5.65 Å². The molecular weight excluding hydrogens is 457 g/mol. The molecule has 4 aromatic rings. The Labute approximate surface area is 193 Å². The normalized spacial score (nSPS) is 18.6. The van der Waals surface area contributed by atoms with Gasteiger partial charge in [0.1, 0.15) is 23.7 Å². The fraction of sp³-hybridized carbons (Fsp3) is 0.125. The Hall–Kier alpha value is -4.05. The maximum Gasteiger partial charge on any atom is 0.210 e. The van der Waals surface area contributed by atoms with Crippen molar-refractivity contribution in [1.29, 1.82) is 0 Å². The van der Waals surface area contributed by atoms with E-state index in [1.807, 2.05) is 12.1 Å². The highest BCUT2D eigenvalue weighted by Crippen LogP contribution is 2.53. The molecule has 168 valence electrons. The first-order valence-electron chi connectivity index (χ1n) is 10.6. The molecule has 2 aromatic heterocycles. The lowest BCUT2D eigenvalue weighted by molar-refractivity contribution is 0.466. The summed E-state index contributed by atoms with van der Waals surface area (Å²) in [5, 5.41) is 11.5. The molecule has 0 radical (unpaired) electrons. The Morgan fingerprint density at radius 1 is 1.24 bits per heavy atom.